The number of carbonyl (C=O) groups is 5. The molecule has 0 fully saturated rings. The highest BCUT2D eigenvalue weighted by molar-refractivity contribution is 6.08. The lowest BCUT2D eigenvalue weighted by Crippen LogP contribution is -2.47. The molecule has 2 atom stereocenters. The molecule has 74 heavy (non-hydrogen) atoms. The van der Waals surface area contributed by atoms with E-state index in [4.69, 9.17) is 0 Å². The number of alkyl halides is 6. The molecule has 3 N–H and O–H groups in total. The van der Waals surface area contributed by atoms with Crippen LogP contribution >= 0.6 is 0 Å². The van der Waals surface area contributed by atoms with Gasteiger partial charge in [0.05, 0.1) is 93.5 Å². The number of anilines is 2. The maximum atomic E-state index is 14.4. The molecule has 0 saturated carbocycles. The molecule has 7 amide bonds. The number of urea groups is 2. The van der Waals surface area contributed by atoms with Gasteiger partial charge in [-0.05, 0) is 90.7 Å². The van der Waals surface area contributed by atoms with Crippen molar-refractivity contribution in [3.05, 3.63) is 183 Å². The first kappa shape index (κ1) is 49.8. The fraction of sp³-hybridized carbons (Fsp3) is 0.231. The Morgan fingerprint density at radius 1 is 0.649 bits per heavy atom. The lowest BCUT2D eigenvalue weighted by Gasteiger charge is -2.34. The summed E-state index contributed by atoms with van der Waals surface area (Å²) in [4.78, 5) is 77.0. The Morgan fingerprint density at radius 3 is 1.47 bits per heavy atom. The summed E-state index contributed by atoms with van der Waals surface area (Å²) in [5.74, 6) is -1.62. The average Bonchev–Trinajstić information content (AvgIpc) is 3.89. The Balaban J connectivity index is 0.948. The highest BCUT2D eigenvalue weighted by Gasteiger charge is 2.47. The molecule has 0 saturated heterocycles. The second kappa shape index (κ2) is 19.8. The summed E-state index contributed by atoms with van der Waals surface area (Å²) in [5.41, 5.74) is -0.285. The number of halogens is 6. The van der Waals surface area contributed by atoms with Crippen molar-refractivity contribution < 1.29 is 60.3 Å². The SMILES string of the molecule is N#Cc1ccc([C@H]2NC(=O)N(c3cccc(C(F)(F)F)c3)C3=C2C(=O)N(CCCN(CCCN2CC4=C(C2=O)[C@@H](c2ccc(C#N)cc2)NC(=O)N4c2cccc(C(F)(F)F)c2)C(=O)c2ccc[n+](O)c2)C3)cc1. The Labute approximate surface area is 417 Å². The molecule has 0 unspecified atom stereocenters. The van der Waals surface area contributed by atoms with Crippen LogP contribution < -0.4 is 25.2 Å². The third-order valence-electron chi connectivity index (χ3n) is 13.0. The maximum Gasteiger partial charge on any atom is 0.416 e. The average molecular weight is 1020 g/mol. The minimum absolute atomic E-state index is 0.00755. The summed E-state index contributed by atoms with van der Waals surface area (Å²) < 4.78 is 84.0. The van der Waals surface area contributed by atoms with E-state index in [-0.39, 0.29) is 91.6 Å². The Hall–Kier alpha value is -9.18. The molecule has 376 valence electrons. The first-order valence-electron chi connectivity index (χ1n) is 22.9. The predicted octanol–water partition coefficient (Wildman–Crippen LogP) is 7.35. The largest absolute Gasteiger partial charge is 0.416 e. The van der Waals surface area contributed by atoms with Gasteiger partial charge in [-0.15, -0.1) is 0 Å². The van der Waals surface area contributed by atoms with E-state index in [2.05, 4.69) is 10.6 Å². The smallest absolute Gasteiger partial charge is 0.338 e. The molecule has 4 aliphatic rings. The van der Waals surface area contributed by atoms with Crippen LogP contribution in [-0.2, 0) is 21.9 Å². The number of rotatable bonds is 13. The monoisotopic (exact) mass is 1020 g/mol. The van der Waals surface area contributed by atoms with Gasteiger partial charge in [0, 0.05) is 37.0 Å². The molecule has 22 heteroatoms. The van der Waals surface area contributed by atoms with Crippen LogP contribution in [0.1, 0.15) is 68.7 Å². The molecular weight excluding hydrogens is 975 g/mol. The van der Waals surface area contributed by atoms with E-state index in [0.29, 0.717) is 27.0 Å². The second-order valence-corrected chi connectivity index (χ2v) is 17.6. The highest BCUT2D eigenvalue weighted by Crippen LogP contribution is 2.42. The number of hydrogen-bond donors (Lipinski definition) is 3. The maximum absolute atomic E-state index is 14.4. The first-order valence-corrected chi connectivity index (χ1v) is 22.9. The lowest BCUT2D eigenvalue weighted by molar-refractivity contribution is -0.904. The summed E-state index contributed by atoms with van der Waals surface area (Å²) in [6, 6.07) is 23.7. The van der Waals surface area contributed by atoms with Gasteiger partial charge in [-0.2, -0.15) is 36.9 Å². The number of benzene rings is 4. The zero-order valence-corrected chi connectivity index (χ0v) is 38.7. The number of amides is 7. The number of pyridine rings is 1. The standard InChI is InChI=1S/C52H40F6N10O6/c53-51(54,55)36-7-1-9-38(24-36)67-40-29-64(47(70)42(40)44(61-49(67)72)33-15-11-31(26-59)12-16-33)21-4-19-63(46(69)35-6-3-23-66(74)28-35)20-5-22-65-30-41-43(48(65)71)45(34-17-13-32(27-60)14-18-34)62-50(73)68(41)39-10-2-8-37(25-39)52(56,57)58/h1-3,6-18,23-25,28,44-45H,4-5,19-22,29-30H2,(H2-,61,62,72,73,74)/p+1/t44-,45-/m1/s1. The minimum Gasteiger partial charge on any atom is -0.338 e. The van der Waals surface area contributed by atoms with Crippen LogP contribution in [0.2, 0.25) is 0 Å². The van der Waals surface area contributed by atoms with E-state index in [1.807, 2.05) is 12.1 Å². The van der Waals surface area contributed by atoms with Crippen molar-refractivity contribution in [1.82, 2.24) is 25.3 Å². The third kappa shape index (κ3) is 9.76. The van der Waals surface area contributed by atoms with Crippen molar-refractivity contribution in [2.75, 3.05) is 49.1 Å². The Kier molecular flexibility index (Phi) is 13.3. The quantitative estimate of drug-likeness (QED) is 0.0618. The van der Waals surface area contributed by atoms with Crippen LogP contribution in [0.15, 0.2) is 144 Å². The fourth-order valence-electron chi connectivity index (χ4n) is 9.53. The fourth-order valence-corrected chi connectivity index (χ4v) is 9.53. The number of aromatic nitrogens is 1. The molecule has 0 radical (unpaired) electrons. The number of hydrogen-bond acceptors (Lipinski definition) is 8. The molecule has 16 nitrogen and oxygen atoms in total. The van der Waals surface area contributed by atoms with Gasteiger partial charge in [0.15, 0.2) is 0 Å². The zero-order valence-electron chi connectivity index (χ0n) is 38.7. The molecule has 4 aromatic carbocycles. The van der Waals surface area contributed by atoms with E-state index in [0.717, 1.165) is 46.2 Å². The van der Waals surface area contributed by atoms with Gasteiger partial charge in [0.1, 0.15) is 5.56 Å². The molecule has 0 aliphatic carbocycles. The molecule has 1 aromatic heterocycles. The summed E-state index contributed by atoms with van der Waals surface area (Å²) in [6.45, 7) is -0.443. The van der Waals surface area contributed by atoms with Gasteiger partial charge in [0.25, 0.3) is 17.7 Å². The van der Waals surface area contributed by atoms with E-state index in [1.54, 1.807) is 24.3 Å². The minimum atomic E-state index is -4.74. The first-order chi connectivity index (χ1) is 35.3. The van der Waals surface area contributed by atoms with Crippen molar-refractivity contribution in [3.8, 4) is 12.1 Å². The van der Waals surface area contributed by atoms with Crippen LogP contribution in [-0.4, -0.2) is 89.0 Å². The van der Waals surface area contributed by atoms with Gasteiger partial charge in [0.2, 0.25) is 12.4 Å². The second-order valence-electron chi connectivity index (χ2n) is 17.6. The molecular formula is C52H41F6N10O6+. The van der Waals surface area contributed by atoms with Crippen molar-refractivity contribution >= 4 is 41.2 Å². The summed E-state index contributed by atoms with van der Waals surface area (Å²) in [7, 11) is 0. The molecule has 9 rings (SSSR count). The van der Waals surface area contributed by atoms with E-state index >= 15 is 0 Å². The van der Waals surface area contributed by atoms with Gasteiger partial charge in [-0.1, -0.05) is 36.4 Å². The van der Waals surface area contributed by atoms with E-state index < -0.39 is 65.3 Å². The molecule has 5 heterocycles. The van der Waals surface area contributed by atoms with Crippen LogP contribution in [0.3, 0.4) is 0 Å². The third-order valence-corrected chi connectivity index (χ3v) is 13.0. The predicted molar refractivity (Wildman–Crippen MR) is 249 cm³/mol. The highest BCUT2D eigenvalue weighted by atomic mass is 19.4. The summed E-state index contributed by atoms with van der Waals surface area (Å²) in [5, 5.41) is 34.5. The van der Waals surface area contributed by atoms with E-state index in [1.165, 1.54) is 75.6 Å². The van der Waals surface area contributed by atoms with Crippen molar-refractivity contribution in [1.29, 1.82) is 10.5 Å². The van der Waals surface area contributed by atoms with Crippen LogP contribution in [0.25, 0.3) is 0 Å². The van der Waals surface area contributed by atoms with Gasteiger partial charge in [-0.25, -0.2) is 9.59 Å². The Morgan fingerprint density at radius 2 is 1.08 bits per heavy atom. The van der Waals surface area contributed by atoms with Gasteiger partial charge < -0.3 is 25.3 Å². The van der Waals surface area contributed by atoms with Gasteiger partial charge in [-0.3, -0.25) is 29.4 Å². The normalized spacial score (nSPS) is 17.7. The van der Waals surface area contributed by atoms with Crippen LogP contribution in [0.4, 0.5) is 47.3 Å². The van der Waals surface area contributed by atoms with Gasteiger partial charge >= 0.3 is 24.4 Å². The molecule has 0 bridgehead atoms. The number of nitrogens with zero attached hydrogens (tertiary/aromatic N) is 8. The summed E-state index contributed by atoms with van der Waals surface area (Å²) >= 11 is 0. The topological polar surface area (TPSA) is 197 Å². The Bertz CT molecular complexity index is 3070. The molecule has 5 aromatic rings. The lowest BCUT2D eigenvalue weighted by atomic mass is 9.94. The summed E-state index contributed by atoms with van der Waals surface area (Å²) in [6.07, 6.45) is -6.75. The van der Waals surface area contributed by atoms with Crippen molar-refractivity contribution in [3.63, 3.8) is 0 Å². The van der Waals surface area contributed by atoms with Crippen LogP contribution in [0.5, 0.6) is 0 Å². The van der Waals surface area contributed by atoms with Crippen molar-refractivity contribution in [2.24, 2.45) is 0 Å². The van der Waals surface area contributed by atoms with E-state index in [9.17, 15) is 66.0 Å². The number of nitriles is 2. The molecule has 4 aliphatic heterocycles. The zero-order chi connectivity index (χ0) is 52.6. The van der Waals surface area contributed by atoms with Crippen molar-refractivity contribution in [2.45, 2.75) is 37.3 Å². The molecule has 0 spiro atoms. The number of nitrogens with one attached hydrogen (secondary N) is 2. The van der Waals surface area contributed by atoms with Crippen LogP contribution in [0, 0.1) is 22.7 Å². The number of carbonyl (C=O) groups excluding carboxylic acids is 5.